The third kappa shape index (κ3) is 1.66. The minimum atomic E-state index is -1.21. The number of rotatable bonds is 1. The van der Waals surface area contributed by atoms with Crippen molar-refractivity contribution in [2.75, 3.05) is 7.05 Å². The molecule has 2 N–H and O–H groups in total. The minimum Gasteiger partial charge on any atom is -0.476 e. The van der Waals surface area contributed by atoms with Crippen LogP contribution in [-0.2, 0) is 4.79 Å². The van der Waals surface area contributed by atoms with Gasteiger partial charge in [0.05, 0.1) is 5.03 Å². The van der Waals surface area contributed by atoms with E-state index in [9.17, 15) is 9.90 Å². The van der Waals surface area contributed by atoms with Gasteiger partial charge in [-0.15, -0.1) is 0 Å². The minimum absolute atomic E-state index is 0.00176. The van der Waals surface area contributed by atoms with Gasteiger partial charge in [0.1, 0.15) is 0 Å². The first-order valence-electron chi connectivity index (χ1n) is 3.54. The number of carboxylic acid groups (broad SMARTS) is 1. The van der Waals surface area contributed by atoms with Crippen LogP contribution in [0.5, 0.6) is 0 Å². The molecule has 0 saturated carbocycles. The van der Waals surface area contributed by atoms with Crippen LogP contribution in [-0.4, -0.2) is 40.2 Å². The Labute approximate surface area is 79.9 Å². The number of carbonyl (C=O) groups is 1. The summed E-state index contributed by atoms with van der Waals surface area (Å²) in [6.07, 6.45) is -0.949. The van der Waals surface area contributed by atoms with Gasteiger partial charge in [0.15, 0.2) is 11.9 Å². The quantitative estimate of drug-likeness (QED) is 0.640. The monoisotopic (exact) mass is 204 g/mol. The molecule has 1 unspecified atom stereocenters. The van der Waals surface area contributed by atoms with Gasteiger partial charge < -0.3 is 10.2 Å². The van der Waals surface area contributed by atoms with Crippen LogP contribution in [0.15, 0.2) is 15.7 Å². The van der Waals surface area contributed by atoms with Gasteiger partial charge in [-0.25, -0.2) is 4.79 Å². The molecule has 1 aliphatic rings. The van der Waals surface area contributed by atoms with Crippen LogP contribution in [0.1, 0.15) is 6.92 Å². The Balaban J connectivity index is 3.13. The van der Waals surface area contributed by atoms with Crippen LogP contribution in [0.4, 0.5) is 0 Å². The number of hydrogen-bond donors (Lipinski definition) is 2. The SMILES string of the molecule is CC1=C(Cl)C(C(=O)O)=NN(C)C1O. The Morgan fingerprint density at radius 2 is 2.23 bits per heavy atom. The maximum Gasteiger partial charge on any atom is 0.357 e. The van der Waals surface area contributed by atoms with E-state index < -0.39 is 12.2 Å². The summed E-state index contributed by atoms with van der Waals surface area (Å²) in [5, 5.41) is 22.8. The van der Waals surface area contributed by atoms with Crippen molar-refractivity contribution in [1.29, 1.82) is 0 Å². The predicted octanol–water partition coefficient (Wildman–Crippen LogP) is 0.204. The number of aliphatic hydroxyl groups is 1. The lowest BCUT2D eigenvalue weighted by Crippen LogP contribution is -2.36. The van der Waals surface area contributed by atoms with E-state index in [1.807, 2.05) is 0 Å². The second kappa shape index (κ2) is 3.35. The lowest BCUT2D eigenvalue weighted by molar-refractivity contribution is -0.129. The number of carboxylic acids is 1. The Kier molecular flexibility index (Phi) is 2.58. The fraction of sp³-hybridized carbons (Fsp3) is 0.429. The van der Waals surface area contributed by atoms with E-state index in [1.165, 1.54) is 7.05 Å². The van der Waals surface area contributed by atoms with Crippen molar-refractivity contribution in [2.24, 2.45) is 5.10 Å². The van der Waals surface area contributed by atoms with Crippen LogP contribution in [0.2, 0.25) is 0 Å². The molecule has 0 aromatic rings. The van der Waals surface area contributed by atoms with Crippen molar-refractivity contribution in [2.45, 2.75) is 13.2 Å². The maximum absolute atomic E-state index is 10.6. The highest BCUT2D eigenvalue weighted by Crippen LogP contribution is 2.22. The van der Waals surface area contributed by atoms with E-state index >= 15 is 0 Å². The molecule has 6 heteroatoms. The van der Waals surface area contributed by atoms with Crippen molar-refractivity contribution in [3.63, 3.8) is 0 Å². The van der Waals surface area contributed by atoms with E-state index in [0.717, 1.165) is 5.01 Å². The van der Waals surface area contributed by atoms with Gasteiger partial charge in [0, 0.05) is 7.05 Å². The normalized spacial score (nSPS) is 23.2. The van der Waals surface area contributed by atoms with Crippen molar-refractivity contribution in [3.05, 3.63) is 10.6 Å². The van der Waals surface area contributed by atoms with Crippen molar-refractivity contribution >= 4 is 23.3 Å². The number of hydrogen-bond acceptors (Lipinski definition) is 4. The van der Waals surface area contributed by atoms with Crippen molar-refractivity contribution < 1.29 is 15.0 Å². The summed E-state index contributed by atoms with van der Waals surface area (Å²) < 4.78 is 0. The summed E-state index contributed by atoms with van der Waals surface area (Å²) in [5.74, 6) is -1.21. The molecule has 0 aromatic carbocycles. The predicted molar refractivity (Wildman–Crippen MR) is 47.4 cm³/mol. The molecule has 0 radical (unpaired) electrons. The molecule has 1 heterocycles. The van der Waals surface area contributed by atoms with Gasteiger partial charge in [0.2, 0.25) is 0 Å². The van der Waals surface area contributed by atoms with Crippen molar-refractivity contribution in [3.8, 4) is 0 Å². The molecule has 0 aromatic heterocycles. The summed E-state index contributed by atoms with van der Waals surface area (Å²) in [5.41, 5.74) is 0.142. The average molecular weight is 205 g/mol. The van der Waals surface area contributed by atoms with Gasteiger partial charge in [-0.2, -0.15) is 5.10 Å². The Bertz CT molecular complexity index is 311. The molecule has 0 spiro atoms. The molecular weight excluding hydrogens is 196 g/mol. The van der Waals surface area contributed by atoms with Gasteiger partial charge in [-0.05, 0) is 12.5 Å². The van der Waals surface area contributed by atoms with Gasteiger partial charge in [0.25, 0.3) is 0 Å². The molecule has 72 valence electrons. The van der Waals surface area contributed by atoms with E-state index in [0.29, 0.717) is 5.57 Å². The first kappa shape index (κ1) is 10.0. The van der Waals surface area contributed by atoms with Crippen LogP contribution >= 0.6 is 11.6 Å². The fourth-order valence-corrected chi connectivity index (χ4v) is 1.19. The number of halogens is 1. The Morgan fingerprint density at radius 3 is 2.69 bits per heavy atom. The summed E-state index contributed by atoms with van der Waals surface area (Å²) >= 11 is 5.67. The molecular formula is C7H9ClN2O3. The summed E-state index contributed by atoms with van der Waals surface area (Å²) in [4.78, 5) is 10.6. The molecule has 0 bridgehead atoms. The molecule has 1 atom stereocenters. The van der Waals surface area contributed by atoms with Crippen LogP contribution in [0.25, 0.3) is 0 Å². The second-order valence-corrected chi connectivity index (χ2v) is 3.08. The molecule has 1 aliphatic heterocycles. The largest absolute Gasteiger partial charge is 0.476 e. The van der Waals surface area contributed by atoms with E-state index in [-0.39, 0.29) is 10.7 Å². The average Bonchev–Trinajstić information content (AvgIpc) is 2.07. The van der Waals surface area contributed by atoms with Gasteiger partial charge >= 0.3 is 5.97 Å². The standard InChI is InChI=1S/C7H9ClN2O3/c1-3-4(8)5(7(12)13)9-10(2)6(3)11/h6,11H,1-2H3,(H,12,13). The molecule has 0 saturated heterocycles. The van der Waals surface area contributed by atoms with Crippen LogP contribution in [0, 0.1) is 0 Å². The summed E-state index contributed by atoms with van der Waals surface area (Å²) in [6.45, 7) is 1.56. The molecule has 0 fully saturated rings. The highest BCUT2D eigenvalue weighted by Gasteiger charge is 2.27. The highest BCUT2D eigenvalue weighted by atomic mass is 35.5. The Morgan fingerprint density at radius 1 is 1.69 bits per heavy atom. The summed E-state index contributed by atoms with van der Waals surface area (Å²) in [7, 11) is 1.47. The summed E-state index contributed by atoms with van der Waals surface area (Å²) in [6, 6.07) is 0. The lowest BCUT2D eigenvalue weighted by atomic mass is 10.1. The third-order valence-electron chi connectivity index (χ3n) is 1.76. The number of hydrazone groups is 1. The zero-order valence-electron chi connectivity index (χ0n) is 7.15. The van der Waals surface area contributed by atoms with E-state index in [1.54, 1.807) is 6.92 Å². The number of nitrogens with zero attached hydrogens (tertiary/aromatic N) is 2. The Hall–Kier alpha value is -1.07. The highest BCUT2D eigenvalue weighted by molar-refractivity contribution is 6.58. The molecule has 0 amide bonds. The fourth-order valence-electron chi connectivity index (χ4n) is 0.973. The first-order chi connectivity index (χ1) is 5.95. The zero-order valence-corrected chi connectivity index (χ0v) is 7.91. The molecule has 0 aliphatic carbocycles. The van der Waals surface area contributed by atoms with Crippen molar-refractivity contribution in [1.82, 2.24) is 5.01 Å². The van der Waals surface area contributed by atoms with Crippen LogP contribution in [0.3, 0.4) is 0 Å². The molecule has 1 rings (SSSR count). The smallest absolute Gasteiger partial charge is 0.357 e. The van der Waals surface area contributed by atoms with Gasteiger partial charge in [-0.3, -0.25) is 5.01 Å². The number of likely N-dealkylation sites (N-methyl/N-ethyl adjacent to an activating group) is 1. The maximum atomic E-state index is 10.6. The lowest BCUT2D eigenvalue weighted by Gasteiger charge is -2.26. The third-order valence-corrected chi connectivity index (χ3v) is 2.23. The first-order valence-corrected chi connectivity index (χ1v) is 3.92. The number of aliphatic hydroxyl groups excluding tert-OH is 1. The molecule has 5 nitrogen and oxygen atoms in total. The topological polar surface area (TPSA) is 73.1 Å². The number of aliphatic carboxylic acids is 1. The van der Waals surface area contributed by atoms with E-state index in [4.69, 9.17) is 16.7 Å². The second-order valence-electron chi connectivity index (χ2n) is 2.70. The zero-order chi connectivity index (χ0) is 10.2. The molecule has 13 heavy (non-hydrogen) atoms. The van der Waals surface area contributed by atoms with Crippen LogP contribution < -0.4 is 0 Å². The van der Waals surface area contributed by atoms with Gasteiger partial charge in [-0.1, -0.05) is 11.6 Å². The van der Waals surface area contributed by atoms with E-state index in [2.05, 4.69) is 5.10 Å².